The zero-order chi connectivity index (χ0) is 15.2. The monoisotopic (exact) mass is 294 g/mol. The van der Waals surface area contributed by atoms with Gasteiger partial charge in [0.1, 0.15) is 11.8 Å². The largest absolute Gasteiger partial charge is 0.480 e. The predicted octanol–water partition coefficient (Wildman–Crippen LogP) is 0.472. The van der Waals surface area contributed by atoms with E-state index in [1.54, 1.807) is 29.2 Å². The first-order valence-corrected chi connectivity index (χ1v) is 6.68. The summed E-state index contributed by atoms with van der Waals surface area (Å²) < 4.78 is 10.4. The van der Waals surface area contributed by atoms with Crippen LogP contribution in [0.3, 0.4) is 0 Å². The lowest BCUT2D eigenvalue weighted by Gasteiger charge is -2.25. The van der Waals surface area contributed by atoms with E-state index >= 15 is 0 Å². The molecule has 1 aliphatic rings. The molecule has 1 saturated heterocycles. The molecular weight excluding hydrogens is 276 g/mol. The van der Waals surface area contributed by atoms with Crippen LogP contribution in [0.1, 0.15) is 5.56 Å². The number of carbonyl (C=O) groups is 2. The number of aliphatic carboxylic acids is 1. The number of carboxylic acid groups (broad SMARTS) is 1. The molecule has 2 rings (SSSR count). The molecule has 0 aromatic heterocycles. The van der Waals surface area contributed by atoms with Crippen LogP contribution in [0.4, 0.5) is 4.79 Å². The van der Waals surface area contributed by atoms with Crippen LogP contribution in [0.25, 0.3) is 0 Å². The Kier molecular flexibility index (Phi) is 5.13. The molecule has 1 heterocycles. The molecule has 1 aromatic rings. The number of nitrogens with two attached hydrogens (primary N) is 1. The predicted molar refractivity (Wildman–Crippen MR) is 74.2 cm³/mol. The normalized spacial score (nSPS) is 16.3. The summed E-state index contributed by atoms with van der Waals surface area (Å²) in [4.78, 5) is 24.1. The van der Waals surface area contributed by atoms with Crippen molar-refractivity contribution >= 4 is 12.1 Å². The first kappa shape index (κ1) is 15.3. The Balaban J connectivity index is 1.89. The minimum atomic E-state index is -1.04. The highest BCUT2D eigenvalue weighted by Crippen LogP contribution is 2.15. The Morgan fingerprint density at radius 2 is 1.90 bits per heavy atom. The van der Waals surface area contributed by atoms with Gasteiger partial charge in [-0.05, 0) is 24.1 Å². The second kappa shape index (κ2) is 7.05. The lowest BCUT2D eigenvalue weighted by atomic mass is 10.1. The molecule has 7 nitrogen and oxygen atoms in total. The van der Waals surface area contributed by atoms with Gasteiger partial charge in [-0.2, -0.15) is 0 Å². The first-order chi connectivity index (χ1) is 10.1. The van der Waals surface area contributed by atoms with Gasteiger partial charge in [0.15, 0.2) is 0 Å². The van der Waals surface area contributed by atoms with Gasteiger partial charge in [0.2, 0.25) is 0 Å². The molecule has 114 valence electrons. The van der Waals surface area contributed by atoms with E-state index in [0.717, 1.165) is 5.56 Å². The van der Waals surface area contributed by atoms with Crippen LogP contribution < -0.4 is 10.5 Å². The quantitative estimate of drug-likeness (QED) is 0.837. The van der Waals surface area contributed by atoms with Gasteiger partial charge in [-0.3, -0.25) is 4.79 Å². The van der Waals surface area contributed by atoms with Gasteiger partial charge < -0.3 is 25.2 Å². The lowest BCUT2D eigenvalue weighted by Crippen LogP contribution is -2.42. The molecule has 0 aliphatic carbocycles. The maximum absolute atomic E-state index is 11.9. The molecule has 1 amide bonds. The second-order valence-corrected chi connectivity index (χ2v) is 4.76. The highest BCUT2D eigenvalue weighted by atomic mass is 16.6. The number of hydrogen-bond donors (Lipinski definition) is 2. The third kappa shape index (κ3) is 4.44. The van der Waals surface area contributed by atoms with Crippen molar-refractivity contribution < 1.29 is 24.2 Å². The average Bonchev–Trinajstić information content (AvgIpc) is 2.50. The molecule has 0 unspecified atom stereocenters. The number of nitrogens with zero attached hydrogens (tertiary/aromatic N) is 1. The van der Waals surface area contributed by atoms with Crippen molar-refractivity contribution in [1.29, 1.82) is 0 Å². The fourth-order valence-electron chi connectivity index (χ4n) is 1.95. The molecule has 1 aromatic carbocycles. The van der Waals surface area contributed by atoms with Gasteiger partial charge in [0, 0.05) is 13.1 Å². The van der Waals surface area contributed by atoms with E-state index < -0.39 is 18.1 Å². The number of morpholine rings is 1. The van der Waals surface area contributed by atoms with Gasteiger partial charge in [-0.25, -0.2) is 4.79 Å². The van der Waals surface area contributed by atoms with E-state index in [1.807, 2.05) is 0 Å². The Morgan fingerprint density at radius 3 is 2.48 bits per heavy atom. The average molecular weight is 294 g/mol. The van der Waals surface area contributed by atoms with E-state index in [2.05, 4.69) is 0 Å². The van der Waals surface area contributed by atoms with Crippen molar-refractivity contribution in [3.8, 4) is 5.75 Å². The SMILES string of the molecule is N[C@@H](Cc1ccc(OC(=O)N2CCOCC2)cc1)C(=O)O. The second-order valence-electron chi connectivity index (χ2n) is 4.76. The van der Waals surface area contributed by atoms with Gasteiger partial charge in [0.05, 0.1) is 13.2 Å². The number of amides is 1. The third-order valence-electron chi connectivity index (χ3n) is 3.17. The molecule has 1 atom stereocenters. The zero-order valence-corrected chi connectivity index (χ0v) is 11.5. The molecule has 0 radical (unpaired) electrons. The lowest BCUT2D eigenvalue weighted by molar-refractivity contribution is -0.138. The highest BCUT2D eigenvalue weighted by molar-refractivity contribution is 5.73. The van der Waals surface area contributed by atoms with Gasteiger partial charge >= 0.3 is 12.1 Å². The topological polar surface area (TPSA) is 102 Å². The number of hydrogen-bond acceptors (Lipinski definition) is 5. The van der Waals surface area contributed by atoms with Crippen LogP contribution in [0, 0.1) is 0 Å². The van der Waals surface area contributed by atoms with E-state index in [9.17, 15) is 9.59 Å². The van der Waals surface area contributed by atoms with Crippen LogP contribution in [-0.2, 0) is 16.0 Å². The van der Waals surface area contributed by atoms with Crippen molar-refractivity contribution in [1.82, 2.24) is 4.90 Å². The summed E-state index contributed by atoms with van der Waals surface area (Å²) in [6, 6.07) is 5.71. The van der Waals surface area contributed by atoms with Crippen molar-refractivity contribution in [3.05, 3.63) is 29.8 Å². The summed E-state index contributed by atoms with van der Waals surface area (Å²) in [5, 5.41) is 8.75. The summed E-state index contributed by atoms with van der Waals surface area (Å²) in [6.45, 7) is 2.07. The molecule has 7 heteroatoms. The number of ether oxygens (including phenoxy) is 2. The minimum absolute atomic E-state index is 0.229. The van der Waals surface area contributed by atoms with Gasteiger partial charge in [-0.15, -0.1) is 0 Å². The van der Waals surface area contributed by atoms with Crippen LogP contribution >= 0.6 is 0 Å². The van der Waals surface area contributed by atoms with Gasteiger partial charge in [0.25, 0.3) is 0 Å². The molecule has 3 N–H and O–H groups in total. The summed E-state index contributed by atoms with van der Waals surface area (Å²) in [5.74, 6) is -0.628. The number of carbonyl (C=O) groups excluding carboxylic acids is 1. The Morgan fingerprint density at radius 1 is 1.29 bits per heavy atom. The standard InChI is InChI=1S/C14H18N2O5/c15-12(13(17)18)9-10-1-3-11(4-2-10)21-14(19)16-5-7-20-8-6-16/h1-4,12H,5-9,15H2,(H,17,18)/t12-/m0/s1. The zero-order valence-electron chi connectivity index (χ0n) is 11.5. The molecule has 21 heavy (non-hydrogen) atoms. The summed E-state index contributed by atoms with van der Waals surface area (Å²) in [7, 11) is 0. The Bertz CT molecular complexity index is 497. The molecule has 0 saturated carbocycles. The molecule has 1 fully saturated rings. The van der Waals surface area contributed by atoms with Crippen LogP contribution in [-0.4, -0.2) is 54.4 Å². The van der Waals surface area contributed by atoms with Crippen molar-refractivity contribution in [3.63, 3.8) is 0 Å². The Hall–Kier alpha value is -2.12. The summed E-state index contributed by atoms with van der Waals surface area (Å²) >= 11 is 0. The summed E-state index contributed by atoms with van der Waals surface area (Å²) in [6.07, 6.45) is -0.180. The number of carboxylic acids is 1. The van der Waals surface area contributed by atoms with E-state index in [-0.39, 0.29) is 6.42 Å². The third-order valence-corrected chi connectivity index (χ3v) is 3.17. The van der Waals surface area contributed by atoms with Crippen molar-refractivity contribution in [2.45, 2.75) is 12.5 Å². The molecule has 0 bridgehead atoms. The smallest absolute Gasteiger partial charge is 0.415 e. The van der Waals surface area contributed by atoms with Crippen LogP contribution in [0.15, 0.2) is 24.3 Å². The van der Waals surface area contributed by atoms with Gasteiger partial charge in [-0.1, -0.05) is 12.1 Å². The minimum Gasteiger partial charge on any atom is -0.480 e. The number of rotatable bonds is 4. The van der Waals surface area contributed by atoms with Crippen molar-refractivity contribution in [2.75, 3.05) is 26.3 Å². The fourth-order valence-corrected chi connectivity index (χ4v) is 1.95. The van der Waals surface area contributed by atoms with E-state index in [1.165, 1.54) is 0 Å². The first-order valence-electron chi connectivity index (χ1n) is 6.68. The number of benzene rings is 1. The molecule has 1 aliphatic heterocycles. The van der Waals surface area contributed by atoms with Crippen LogP contribution in [0.5, 0.6) is 5.75 Å². The maximum atomic E-state index is 11.9. The molecular formula is C14H18N2O5. The van der Waals surface area contributed by atoms with Crippen molar-refractivity contribution in [2.24, 2.45) is 5.73 Å². The highest BCUT2D eigenvalue weighted by Gasteiger charge is 2.18. The fraction of sp³-hybridized carbons (Fsp3) is 0.429. The Labute approximate surface area is 122 Å². The van der Waals surface area contributed by atoms with E-state index in [0.29, 0.717) is 32.1 Å². The molecule has 0 spiro atoms. The van der Waals surface area contributed by atoms with E-state index in [4.69, 9.17) is 20.3 Å². The maximum Gasteiger partial charge on any atom is 0.415 e. The summed E-state index contributed by atoms with van der Waals surface area (Å²) in [5.41, 5.74) is 6.24. The van der Waals surface area contributed by atoms with Crippen LogP contribution in [0.2, 0.25) is 0 Å².